The van der Waals surface area contributed by atoms with Crippen molar-refractivity contribution < 1.29 is 32.6 Å². The number of carbonyl (C=O) groups is 2. The molecule has 2 amide bonds. The number of nitrogens with zero attached hydrogens (tertiary/aromatic N) is 2. The Hall–Kier alpha value is -4.35. The standard InChI is InChI=1S/C23H20F3N5O4/c24-23(25,26)16-10-14(32)5-7-18(16)35-15-6-4-13(28-12-15)11-29-21(34)22(8-9-22)31-20(33)17-2-1-3-19(27)30-17/h1-7,10,12,32H,8-9,11H2,(H2,27,30)(H,29,34)(H,31,33). The molecule has 0 spiro atoms. The highest BCUT2D eigenvalue weighted by molar-refractivity contribution is 5.99. The van der Waals surface area contributed by atoms with Crippen molar-refractivity contribution in [2.75, 3.05) is 5.73 Å². The summed E-state index contributed by atoms with van der Waals surface area (Å²) in [5.41, 5.74) is 3.94. The number of nitrogens with two attached hydrogens (primary N) is 1. The largest absolute Gasteiger partial charge is 0.508 e. The number of aromatic nitrogens is 2. The zero-order valence-electron chi connectivity index (χ0n) is 18.1. The Morgan fingerprint density at radius 2 is 1.91 bits per heavy atom. The highest BCUT2D eigenvalue weighted by atomic mass is 19.4. The molecular formula is C23H20F3N5O4. The summed E-state index contributed by atoms with van der Waals surface area (Å²) in [6, 6.07) is 10.2. The van der Waals surface area contributed by atoms with Crippen molar-refractivity contribution in [2.45, 2.75) is 31.1 Å². The summed E-state index contributed by atoms with van der Waals surface area (Å²) in [5, 5.41) is 14.7. The molecule has 35 heavy (non-hydrogen) atoms. The van der Waals surface area contributed by atoms with Crippen molar-refractivity contribution in [2.24, 2.45) is 0 Å². The number of alkyl halides is 3. The van der Waals surface area contributed by atoms with Crippen LogP contribution in [0.1, 0.15) is 34.6 Å². The van der Waals surface area contributed by atoms with E-state index >= 15 is 0 Å². The lowest BCUT2D eigenvalue weighted by Crippen LogP contribution is -2.49. The molecule has 1 saturated carbocycles. The lowest BCUT2D eigenvalue weighted by Gasteiger charge is -2.17. The summed E-state index contributed by atoms with van der Waals surface area (Å²) >= 11 is 0. The lowest BCUT2D eigenvalue weighted by molar-refractivity contribution is -0.138. The van der Waals surface area contributed by atoms with Crippen LogP contribution in [0.15, 0.2) is 54.7 Å². The molecule has 182 valence electrons. The van der Waals surface area contributed by atoms with Crippen molar-refractivity contribution in [3.8, 4) is 17.2 Å². The van der Waals surface area contributed by atoms with Gasteiger partial charge in [-0.3, -0.25) is 14.6 Å². The number of amides is 2. The molecule has 3 aromatic rings. The number of hydrogen-bond acceptors (Lipinski definition) is 7. The van der Waals surface area contributed by atoms with Gasteiger partial charge in [-0.25, -0.2) is 4.98 Å². The fourth-order valence-electron chi connectivity index (χ4n) is 3.26. The van der Waals surface area contributed by atoms with E-state index in [9.17, 15) is 27.9 Å². The topological polar surface area (TPSA) is 139 Å². The molecule has 2 heterocycles. The molecule has 0 aliphatic heterocycles. The van der Waals surface area contributed by atoms with Gasteiger partial charge in [0.15, 0.2) is 0 Å². The van der Waals surface area contributed by atoms with Crippen molar-refractivity contribution in [3.63, 3.8) is 0 Å². The fourth-order valence-corrected chi connectivity index (χ4v) is 3.26. The van der Waals surface area contributed by atoms with Gasteiger partial charge in [0.05, 0.1) is 18.4 Å². The van der Waals surface area contributed by atoms with Crippen LogP contribution in [0.25, 0.3) is 0 Å². The van der Waals surface area contributed by atoms with Crippen LogP contribution in [0.5, 0.6) is 17.2 Å². The van der Waals surface area contributed by atoms with E-state index in [4.69, 9.17) is 10.5 Å². The number of halogens is 3. The number of ether oxygens (including phenoxy) is 1. The Kier molecular flexibility index (Phi) is 6.20. The molecular weight excluding hydrogens is 467 g/mol. The molecule has 5 N–H and O–H groups in total. The molecule has 12 heteroatoms. The summed E-state index contributed by atoms with van der Waals surface area (Å²) in [4.78, 5) is 33.1. The molecule has 4 rings (SSSR count). The molecule has 0 bridgehead atoms. The van der Waals surface area contributed by atoms with Crippen LogP contribution in [0.4, 0.5) is 19.0 Å². The smallest absolute Gasteiger partial charge is 0.420 e. The van der Waals surface area contributed by atoms with E-state index in [1.54, 1.807) is 12.1 Å². The van der Waals surface area contributed by atoms with Crippen LogP contribution < -0.4 is 21.1 Å². The van der Waals surface area contributed by atoms with E-state index in [0.717, 1.165) is 12.1 Å². The predicted octanol–water partition coefficient (Wildman–Crippen LogP) is 3.15. The molecule has 1 aromatic carbocycles. The Balaban J connectivity index is 1.35. The van der Waals surface area contributed by atoms with E-state index in [1.807, 2.05) is 0 Å². The van der Waals surface area contributed by atoms with Gasteiger partial charge in [0.1, 0.15) is 39.9 Å². The van der Waals surface area contributed by atoms with Gasteiger partial charge in [-0.05, 0) is 55.3 Å². The molecule has 1 fully saturated rings. The molecule has 1 aliphatic rings. The van der Waals surface area contributed by atoms with Crippen molar-refractivity contribution in [3.05, 3.63) is 71.7 Å². The third kappa shape index (κ3) is 5.60. The summed E-state index contributed by atoms with van der Waals surface area (Å²) in [7, 11) is 0. The molecule has 0 saturated heterocycles. The van der Waals surface area contributed by atoms with Crippen LogP contribution in [0, 0.1) is 0 Å². The van der Waals surface area contributed by atoms with Gasteiger partial charge in [0, 0.05) is 0 Å². The first-order valence-corrected chi connectivity index (χ1v) is 10.4. The minimum Gasteiger partial charge on any atom is -0.508 e. The maximum absolute atomic E-state index is 13.2. The summed E-state index contributed by atoms with van der Waals surface area (Å²) in [6.45, 7) is 0.0281. The number of hydrogen-bond donors (Lipinski definition) is 4. The number of nitrogens with one attached hydrogen (secondary N) is 2. The van der Waals surface area contributed by atoms with Gasteiger partial charge >= 0.3 is 6.18 Å². The molecule has 9 nitrogen and oxygen atoms in total. The first-order valence-electron chi connectivity index (χ1n) is 10.4. The van der Waals surface area contributed by atoms with Crippen molar-refractivity contribution in [1.82, 2.24) is 20.6 Å². The molecule has 1 aliphatic carbocycles. The van der Waals surface area contributed by atoms with Crippen LogP contribution in [0.3, 0.4) is 0 Å². The molecule has 0 radical (unpaired) electrons. The fraction of sp³-hybridized carbons (Fsp3) is 0.217. The average molecular weight is 487 g/mol. The van der Waals surface area contributed by atoms with E-state index in [1.165, 1.54) is 24.4 Å². The monoisotopic (exact) mass is 487 g/mol. The zero-order valence-corrected chi connectivity index (χ0v) is 18.1. The van der Waals surface area contributed by atoms with E-state index in [-0.39, 0.29) is 23.8 Å². The Bertz CT molecular complexity index is 1260. The quantitative estimate of drug-likeness (QED) is 0.401. The first kappa shape index (κ1) is 23.8. The number of nitrogen functional groups attached to an aromatic ring is 1. The number of phenols is 1. The normalized spacial score (nSPS) is 14.1. The SMILES string of the molecule is Nc1cccc(C(=O)NC2(C(=O)NCc3ccc(Oc4ccc(O)cc4C(F)(F)F)cn3)CC2)n1. The molecule has 2 aromatic heterocycles. The second-order valence-electron chi connectivity index (χ2n) is 7.93. The van der Waals surface area contributed by atoms with Crippen LogP contribution in [0.2, 0.25) is 0 Å². The second-order valence-corrected chi connectivity index (χ2v) is 7.93. The van der Waals surface area contributed by atoms with Gasteiger partial charge in [-0.15, -0.1) is 0 Å². The summed E-state index contributed by atoms with van der Waals surface area (Å²) in [5.74, 6) is -1.71. The van der Waals surface area contributed by atoms with Crippen LogP contribution >= 0.6 is 0 Å². The number of benzene rings is 1. The molecule has 0 atom stereocenters. The van der Waals surface area contributed by atoms with Crippen LogP contribution in [-0.2, 0) is 17.5 Å². The summed E-state index contributed by atoms with van der Waals surface area (Å²) < 4.78 is 44.8. The molecule has 0 unspecified atom stereocenters. The Morgan fingerprint density at radius 3 is 2.54 bits per heavy atom. The zero-order chi connectivity index (χ0) is 25.2. The maximum atomic E-state index is 13.2. The third-order valence-electron chi connectivity index (χ3n) is 5.26. The minimum absolute atomic E-state index is 0.0281. The van der Waals surface area contributed by atoms with Crippen molar-refractivity contribution >= 4 is 17.6 Å². The number of phenolic OH excluding ortho intramolecular Hbond substituents is 1. The number of aromatic hydroxyl groups is 1. The highest BCUT2D eigenvalue weighted by Crippen LogP contribution is 2.40. The number of pyridine rings is 2. The second kappa shape index (κ2) is 9.12. The van der Waals surface area contributed by atoms with E-state index in [2.05, 4.69) is 20.6 Å². The number of anilines is 1. The predicted molar refractivity (Wildman–Crippen MR) is 117 cm³/mol. The van der Waals surface area contributed by atoms with Gasteiger partial charge in [-0.1, -0.05) is 6.07 Å². The summed E-state index contributed by atoms with van der Waals surface area (Å²) in [6.07, 6.45) is -2.58. The Morgan fingerprint density at radius 1 is 1.14 bits per heavy atom. The lowest BCUT2D eigenvalue weighted by atomic mass is 10.2. The van der Waals surface area contributed by atoms with E-state index in [0.29, 0.717) is 24.6 Å². The third-order valence-corrected chi connectivity index (χ3v) is 5.26. The van der Waals surface area contributed by atoms with E-state index < -0.39 is 40.6 Å². The number of rotatable bonds is 7. The van der Waals surface area contributed by atoms with Gasteiger partial charge < -0.3 is 26.2 Å². The first-order chi connectivity index (χ1) is 16.6. The average Bonchev–Trinajstić information content (AvgIpc) is 3.59. The number of carbonyl (C=O) groups excluding carboxylic acids is 2. The minimum atomic E-state index is -4.72. The van der Waals surface area contributed by atoms with Gasteiger partial charge in [0.25, 0.3) is 5.91 Å². The van der Waals surface area contributed by atoms with Gasteiger partial charge in [-0.2, -0.15) is 13.2 Å². The van der Waals surface area contributed by atoms with Crippen molar-refractivity contribution in [1.29, 1.82) is 0 Å². The Labute approximate surface area is 197 Å². The van der Waals surface area contributed by atoms with Gasteiger partial charge in [0.2, 0.25) is 5.91 Å². The highest BCUT2D eigenvalue weighted by Gasteiger charge is 2.51. The van der Waals surface area contributed by atoms with Crippen LogP contribution in [-0.4, -0.2) is 32.4 Å². The maximum Gasteiger partial charge on any atom is 0.420 e.